The van der Waals surface area contributed by atoms with E-state index in [-0.39, 0.29) is 31.4 Å². The van der Waals surface area contributed by atoms with Crippen molar-refractivity contribution in [2.24, 2.45) is 17.3 Å². The fourth-order valence-electron chi connectivity index (χ4n) is 9.31. The molecule has 350 valence electrons. The summed E-state index contributed by atoms with van der Waals surface area (Å²) in [6.07, 6.45) is 5.57. The monoisotopic (exact) mass is 908 g/mol. The van der Waals surface area contributed by atoms with Gasteiger partial charge in [-0.15, -0.1) is 6.58 Å². The Balaban J connectivity index is 1.15. The Bertz CT molecular complexity index is 2260. The molecule has 2 bridgehead atoms. The van der Waals surface area contributed by atoms with E-state index in [1.165, 1.54) is 11.0 Å². The first-order valence-electron chi connectivity index (χ1n) is 22.8. The lowest BCUT2D eigenvalue weighted by Gasteiger charge is -2.35. The van der Waals surface area contributed by atoms with Crippen LogP contribution in [0, 0.1) is 17.3 Å². The molecule has 1 aromatic heterocycles. The number of amides is 4. The first kappa shape index (κ1) is 45.9. The van der Waals surface area contributed by atoms with Crippen molar-refractivity contribution in [3.8, 4) is 17.4 Å². The van der Waals surface area contributed by atoms with Crippen molar-refractivity contribution in [2.75, 3.05) is 53.1 Å². The predicted molar refractivity (Wildman–Crippen MR) is 236 cm³/mol. The van der Waals surface area contributed by atoms with E-state index in [1.54, 1.807) is 14.0 Å². The van der Waals surface area contributed by atoms with Crippen LogP contribution in [0.3, 0.4) is 0 Å². The maximum Gasteiger partial charge on any atom is 0.408 e. The normalized spacial score (nSPS) is 29.6. The van der Waals surface area contributed by atoms with Crippen LogP contribution >= 0.6 is 0 Å². The number of carbonyl (C=O) groups is 4. The number of nitrogens with zero attached hydrogens (tertiary/aromatic N) is 3. The van der Waals surface area contributed by atoms with Crippen LogP contribution in [0.1, 0.15) is 91.0 Å². The molecule has 3 N–H and O–H groups in total. The second kappa shape index (κ2) is 17.9. The van der Waals surface area contributed by atoms with Gasteiger partial charge in [0, 0.05) is 37.4 Å². The van der Waals surface area contributed by atoms with Gasteiger partial charge in [0.2, 0.25) is 27.7 Å². The first-order chi connectivity index (χ1) is 30.5. The van der Waals surface area contributed by atoms with Crippen LogP contribution in [0.5, 0.6) is 17.4 Å². The van der Waals surface area contributed by atoms with E-state index in [0.29, 0.717) is 68.5 Å². The molecular weight excluding hydrogens is 845 g/mol. The number of ether oxygens (including phenoxy) is 5. The summed E-state index contributed by atoms with van der Waals surface area (Å²) < 4.78 is 58.4. The van der Waals surface area contributed by atoms with E-state index in [1.807, 2.05) is 39.0 Å². The number of pyridine rings is 1. The minimum absolute atomic E-state index is 0.00619. The minimum atomic E-state index is -4.03. The highest BCUT2D eigenvalue weighted by atomic mass is 32.2. The standard InChI is InChI=1S/C46H64N6O11S/c1-7-29-26-46(29,42(55)50-64(57,58)45(5)16-17-45)49-39(53)33-25-30-27-52(33)41(54)38(44(2,3)4)48-43(56)63-35-24-28(35)12-9-8-10-13-32-37(61-23-20-51-18-21-60-22-19-51)31-14-11-15-34(59-6)36(31)47-40(32)62-30/h7,11,14-15,28-30,33,35,38H,1,8-10,12-13,16-27H2,2-6H3,(H,48,56)(H,49,53)(H,50,55)/t28-,29-,30-,33+,35-,38-,46-/m1/s1. The Hall–Kier alpha value is -4.68. The van der Waals surface area contributed by atoms with Crippen LogP contribution in [-0.2, 0) is 40.3 Å². The fourth-order valence-corrected chi connectivity index (χ4v) is 10.6. The van der Waals surface area contributed by atoms with Gasteiger partial charge in [-0.05, 0) is 75.3 Å². The smallest absolute Gasteiger partial charge is 0.408 e. The average molecular weight is 909 g/mol. The molecule has 17 nitrogen and oxygen atoms in total. The van der Waals surface area contributed by atoms with Crippen LogP contribution in [0.15, 0.2) is 30.9 Å². The number of para-hydroxylation sites is 1. The van der Waals surface area contributed by atoms with Crippen LogP contribution in [0.2, 0.25) is 0 Å². The van der Waals surface area contributed by atoms with Gasteiger partial charge in [0.25, 0.3) is 5.91 Å². The van der Waals surface area contributed by atoms with Crippen molar-refractivity contribution in [3.05, 3.63) is 36.4 Å². The number of methoxy groups -OCH3 is 1. The molecule has 4 heterocycles. The number of nitrogens with one attached hydrogen (secondary N) is 3. The molecule has 0 unspecified atom stereocenters. The van der Waals surface area contributed by atoms with Gasteiger partial charge in [-0.1, -0.05) is 45.8 Å². The maximum absolute atomic E-state index is 14.9. The third kappa shape index (κ3) is 9.50. The Morgan fingerprint density at radius 3 is 2.55 bits per heavy atom. The van der Waals surface area contributed by atoms with Crippen molar-refractivity contribution in [1.29, 1.82) is 0 Å². The number of sulfonamides is 1. The summed E-state index contributed by atoms with van der Waals surface area (Å²) in [5.74, 6) is -0.922. The lowest BCUT2D eigenvalue weighted by atomic mass is 9.85. The van der Waals surface area contributed by atoms with Crippen molar-refractivity contribution < 1.29 is 51.3 Å². The van der Waals surface area contributed by atoms with Crippen LogP contribution in [0.4, 0.5) is 4.79 Å². The number of morpholine rings is 1. The van der Waals surface area contributed by atoms with Gasteiger partial charge < -0.3 is 39.2 Å². The van der Waals surface area contributed by atoms with Crippen LogP contribution in [0.25, 0.3) is 10.9 Å². The summed E-state index contributed by atoms with van der Waals surface area (Å²) in [6.45, 7) is 14.9. The quantitative estimate of drug-likeness (QED) is 0.273. The van der Waals surface area contributed by atoms with Gasteiger partial charge >= 0.3 is 6.09 Å². The van der Waals surface area contributed by atoms with Gasteiger partial charge in [0.05, 0.1) is 37.2 Å². The van der Waals surface area contributed by atoms with E-state index < -0.39 is 73.6 Å². The highest BCUT2D eigenvalue weighted by Gasteiger charge is 2.63. The van der Waals surface area contributed by atoms with Gasteiger partial charge in [-0.25, -0.2) is 18.2 Å². The summed E-state index contributed by atoms with van der Waals surface area (Å²) in [5.41, 5.74) is -1.11. The molecule has 5 fully saturated rings. The Morgan fingerprint density at radius 1 is 1.09 bits per heavy atom. The van der Waals surface area contributed by atoms with Crippen molar-refractivity contribution in [3.63, 3.8) is 0 Å². The van der Waals surface area contributed by atoms with E-state index in [4.69, 9.17) is 28.7 Å². The van der Waals surface area contributed by atoms with Crippen molar-refractivity contribution in [2.45, 2.75) is 126 Å². The zero-order chi connectivity index (χ0) is 45.6. The van der Waals surface area contributed by atoms with Crippen LogP contribution in [-0.4, -0.2) is 135 Å². The molecule has 3 aliphatic heterocycles. The second-order valence-corrected chi connectivity index (χ2v) is 21.9. The van der Waals surface area contributed by atoms with Gasteiger partial charge in [-0.2, -0.15) is 0 Å². The molecule has 1 aromatic carbocycles. The zero-order valence-electron chi connectivity index (χ0n) is 37.7. The largest absolute Gasteiger partial charge is 0.494 e. The van der Waals surface area contributed by atoms with Crippen LogP contribution < -0.4 is 29.6 Å². The Kier molecular flexibility index (Phi) is 12.9. The number of alkyl carbamates (subject to hydrolysis) is 1. The van der Waals surface area contributed by atoms with Gasteiger partial charge in [0.1, 0.15) is 53.5 Å². The highest BCUT2D eigenvalue weighted by Crippen LogP contribution is 2.48. The summed E-state index contributed by atoms with van der Waals surface area (Å²) in [7, 11) is -2.45. The molecule has 0 spiro atoms. The molecular formula is C46H64N6O11S. The minimum Gasteiger partial charge on any atom is -0.494 e. The first-order valence-corrected chi connectivity index (χ1v) is 24.3. The van der Waals surface area contributed by atoms with Gasteiger partial charge in [-0.3, -0.25) is 24.0 Å². The summed E-state index contributed by atoms with van der Waals surface area (Å²) in [6, 6.07) is 3.38. The Morgan fingerprint density at radius 2 is 1.86 bits per heavy atom. The Labute approximate surface area is 375 Å². The third-order valence-electron chi connectivity index (χ3n) is 14.0. The fraction of sp³-hybridized carbons (Fsp3) is 0.674. The summed E-state index contributed by atoms with van der Waals surface area (Å²) in [4.78, 5) is 65.7. The number of hydrogen-bond acceptors (Lipinski definition) is 13. The number of aromatic nitrogens is 1. The van der Waals surface area contributed by atoms with Crippen molar-refractivity contribution in [1.82, 2.24) is 30.1 Å². The molecule has 4 amide bonds. The van der Waals surface area contributed by atoms with E-state index >= 15 is 0 Å². The third-order valence-corrected chi connectivity index (χ3v) is 16.1. The van der Waals surface area contributed by atoms with E-state index in [9.17, 15) is 27.6 Å². The number of hydrogen-bond donors (Lipinski definition) is 3. The van der Waals surface area contributed by atoms with Crippen molar-refractivity contribution >= 4 is 44.7 Å². The molecule has 2 aromatic rings. The number of rotatable bonds is 11. The lowest BCUT2D eigenvalue weighted by Crippen LogP contribution is -2.60. The molecule has 3 aliphatic carbocycles. The van der Waals surface area contributed by atoms with E-state index in [0.717, 1.165) is 56.1 Å². The number of carbonyl (C=O) groups excluding carboxylic acids is 4. The second-order valence-electron chi connectivity index (χ2n) is 19.7. The maximum atomic E-state index is 14.9. The molecule has 18 heteroatoms. The molecule has 64 heavy (non-hydrogen) atoms. The number of benzene rings is 1. The number of fused-ring (bicyclic) bond motifs is 5. The zero-order valence-corrected chi connectivity index (χ0v) is 38.6. The van der Waals surface area contributed by atoms with E-state index in [2.05, 4.69) is 26.8 Å². The molecule has 0 radical (unpaired) electrons. The molecule has 3 saturated carbocycles. The average Bonchev–Trinajstić information content (AvgIpc) is 4.22. The van der Waals surface area contributed by atoms with Gasteiger partial charge in [0.15, 0.2) is 0 Å². The topological polar surface area (TPSA) is 204 Å². The lowest BCUT2D eigenvalue weighted by molar-refractivity contribution is -0.142. The highest BCUT2D eigenvalue weighted by molar-refractivity contribution is 7.91. The summed E-state index contributed by atoms with van der Waals surface area (Å²) >= 11 is 0. The summed E-state index contributed by atoms with van der Waals surface area (Å²) in [5, 5.41) is 6.47. The molecule has 7 atom stereocenters. The molecule has 2 saturated heterocycles. The predicted octanol–water partition coefficient (Wildman–Crippen LogP) is 4.01. The molecule has 8 rings (SSSR count). The molecule has 6 aliphatic rings. The SMILES string of the molecule is C=C[C@@H]1C[C@]1(NC(=O)[C@@H]1C[C@@H]2CN1C(=O)[C@H](C(C)(C)C)NC(=O)O[C@@H]1C[C@H]1CCCCCc1c(nc3c(OC)cccc3c1OCCN1CCOCC1)O2)C(=O)NS(=O)(=O)C1(C)CC1.